The average molecular weight is 342 g/mol. The maximum atomic E-state index is 12.3. The van der Waals surface area contributed by atoms with E-state index in [9.17, 15) is 9.59 Å². The molecule has 2 aromatic carbocycles. The largest absolute Gasteiger partial charge is 0.497 e. The number of anilines is 1. The number of ether oxygens (including phenoxy) is 1. The first-order valence-corrected chi connectivity index (χ1v) is 7.93. The molecule has 0 atom stereocenters. The van der Waals surface area contributed by atoms with Crippen molar-refractivity contribution in [2.24, 2.45) is 0 Å². The number of aromatic nitrogens is 1. The molecule has 0 bridgehead atoms. The third-order valence-corrected chi connectivity index (χ3v) is 4.32. The van der Waals surface area contributed by atoms with Crippen LogP contribution < -0.4 is 10.1 Å². The van der Waals surface area contributed by atoms with Gasteiger partial charge in [-0.2, -0.15) is 0 Å². The Morgan fingerprint density at radius 3 is 2.62 bits per heavy atom. The van der Waals surface area contributed by atoms with E-state index >= 15 is 0 Å². The van der Waals surface area contributed by atoms with Crippen molar-refractivity contribution >= 4 is 38.6 Å². The summed E-state index contributed by atoms with van der Waals surface area (Å²) in [6.45, 7) is 0. The molecule has 0 unspecified atom stereocenters. The molecule has 1 heterocycles. The number of carboxylic acid groups (broad SMARTS) is 1. The van der Waals surface area contributed by atoms with Crippen molar-refractivity contribution < 1.29 is 19.4 Å². The fourth-order valence-electron chi connectivity index (χ4n) is 2.20. The molecule has 0 fully saturated rings. The van der Waals surface area contributed by atoms with Crippen LogP contribution in [-0.4, -0.2) is 29.1 Å². The number of rotatable bonds is 5. The summed E-state index contributed by atoms with van der Waals surface area (Å²) < 4.78 is 6.09. The highest BCUT2D eigenvalue weighted by Crippen LogP contribution is 2.29. The summed E-state index contributed by atoms with van der Waals surface area (Å²) in [5.74, 6) is -0.460. The van der Waals surface area contributed by atoms with Crippen molar-refractivity contribution in [3.8, 4) is 5.75 Å². The molecule has 6 nitrogen and oxygen atoms in total. The standard InChI is InChI=1S/C17H14N2O4S/c1-23-12-6-7-13-14(9-12)24-17(18-13)19-16(22)11-4-2-10(3-5-11)8-15(20)21/h2-7,9H,8H2,1H3,(H,20,21)(H,18,19,22). The monoisotopic (exact) mass is 342 g/mol. The molecule has 0 aliphatic carbocycles. The van der Waals surface area contributed by atoms with E-state index in [4.69, 9.17) is 9.84 Å². The fraction of sp³-hybridized carbons (Fsp3) is 0.118. The van der Waals surface area contributed by atoms with Gasteiger partial charge in [-0.05, 0) is 35.9 Å². The Morgan fingerprint density at radius 2 is 1.96 bits per heavy atom. The SMILES string of the molecule is COc1ccc2nc(NC(=O)c3ccc(CC(=O)O)cc3)sc2c1. The number of hydrogen-bond donors (Lipinski definition) is 2. The van der Waals surface area contributed by atoms with Crippen LogP contribution in [-0.2, 0) is 11.2 Å². The van der Waals surface area contributed by atoms with E-state index in [0.29, 0.717) is 16.3 Å². The molecule has 24 heavy (non-hydrogen) atoms. The molecule has 3 aromatic rings. The van der Waals surface area contributed by atoms with E-state index in [1.165, 1.54) is 11.3 Å². The second-order valence-corrected chi connectivity index (χ2v) is 6.10. The highest BCUT2D eigenvalue weighted by Gasteiger charge is 2.11. The second kappa shape index (κ2) is 6.67. The first-order valence-electron chi connectivity index (χ1n) is 7.12. The highest BCUT2D eigenvalue weighted by atomic mass is 32.1. The van der Waals surface area contributed by atoms with Crippen LogP contribution in [0.3, 0.4) is 0 Å². The van der Waals surface area contributed by atoms with Gasteiger partial charge in [-0.3, -0.25) is 14.9 Å². The molecule has 0 radical (unpaired) electrons. The van der Waals surface area contributed by atoms with Gasteiger partial charge in [0.1, 0.15) is 5.75 Å². The lowest BCUT2D eigenvalue weighted by Crippen LogP contribution is -2.11. The Morgan fingerprint density at radius 1 is 1.21 bits per heavy atom. The number of carbonyl (C=O) groups excluding carboxylic acids is 1. The van der Waals surface area contributed by atoms with Crippen molar-refractivity contribution in [3.63, 3.8) is 0 Å². The summed E-state index contributed by atoms with van der Waals surface area (Å²) in [7, 11) is 1.60. The minimum Gasteiger partial charge on any atom is -0.497 e. The number of carboxylic acids is 1. The Hall–Kier alpha value is -2.93. The summed E-state index contributed by atoms with van der Waals surface area (Å²) >= 11 is 1.36. The minimum absolute atomic E-state index is 0.0679. The summed E-state index contributed by atoms with van der Waals surface area (Å²) in [5.41, 5.74) is 1.88. The number of nitrogens with zero attached hydrogens (tertiary/aromatic N) is 1. The Kier molecular flexibility index (Phi) is 4.43. The van der Waals surface area contributed by atoms with Crippen molar-refractivity contribution in [1.82, 2.24) is 4.98 Å². The van der Waals surface area contributed by atoms with Crippen LogP contribution in [0.2, 0.25) is 0 Å². The molecule has 0 spiro atoms. The van der Waals surface area contributed by atoms with Gasteiger partial charge in [0.15, 0.2) is 5.13 Å². The molecule has 1 amide bonds. The van der Waals surface area contributed by atoms with Gasteiger partial charge >= 0.3 is 5.97 Å². The topological polar surface area (TPSA) is 88.5 Å². The van der Waals surface area contributed by atoms with E-state index in [1.807, 2.05) is 18.2 Å². The minimum atomic E-state index is -0.905. The van der Waals surface area contributed by atoms with Gasteiger partial charge in [-0.1, -0.05) is 23.5 Å². The smallest absolute Gasteiger partial charge is 0.307 e. The molecular weight excluding hydrogens is 328 g/mol. The van der Waals surface area contributed by atoms with Gasteiger partial charge in [0.05, 0.1) is 23.7 Å². The first-order chi connectivity index (χ1) is 11.5. The number of nitrogens with one attached hydrogen (secondary N) is 1. The number of amides is 1. The van der Waals surface area contributed by atoms with Gasteiger partial charge in [-0.25, -0.2) is 4.98 Å². The molecule has 0 aliphatic rings. The van der Waals surface area contributed by atoms with E-state index < -0.39 is 5.97 Å². The van der Waals surface area contributed by atoms with Crippen LogP contribution in [0, 0.1) is 0 Å². The molecule has 122 valence electrons. The van der Waals surface area contributed by atoms with E-state index in [-0.39, 0.29) is 12.3 Å². The summed E-state index contributed by atoms with van der Waals surface area (Å²) in [6.07, 6.45) is -0.0679. The third-order valence-electron chi connectivity index (χ3n) is 3.39. The zero-order valence-electron chi connectivity index (χ0n) is 12.8. The quantitative estimate of drug-likeness (QED) is 0.743. The second-order valence-electron chi connectivity index (χ2n) is 5.07. The van der Waals surface area contributed by atoms with Crippen LogP contribution in [0.1, 0.15) is 15.9 Å². The number of methoxy groups -OCH3 is 1. The zero-order valence-corrected chi connectivity index (χ0v) is 13.6. The lowest BCUT2D eigenvalue weighted by atomic mass is 10.1. The normalized spacial score (nSPS) is 10.5. The number of benzene rings is 2. The molecule has 3 rings (SSSR count). The molecular formula is C17H14N2O4S. The Labute approximate surface area is 141 Å². The average Bonchev–Trinajstić information content (AvgIpc) is 2.96. The Balaban J connectivity index is 1.75. The van der Waals surface area contributed by atoms with Gasteiger partial charge in [0.2, 0.25) is 0 Å². The van der Waals surface area contributed by atoms with Crippen molar-refractivity contribution in [3.05, 3.63) is 53.6 Å². The molecule has 0 saturated heterocycles. The van der Waals surface area contributed by atoms with Crippen LogP contribution in [0.5, 0.6) is 5.75 Å². The predicted octanol–water partition coefficient (Wildman–Crippen LogP) is 3.18. The maximum absolute atomic E-state index is 12.3. The number of aliphatic carboxylic acids is 1. The number of carbonyl (C=O) groups is 2. The van der Waals surface area contributed by atoms with Gasteiger partial charge in [0.25, 0.3) is 5.91 Å². The number of hydrogen-bond acceptors (Lipinski definition) is 5. The van der Waals surface area contributed by atoms with Crippen molar-refractivity contribution in [1.29, 1.82) is 0 Å². The number of thiazole rings is 1. The molecule has 1 aromatic heterocycles. The summed E-state index contributed by atoms with van der Waals surface area (Å²) in [4.78, 5) is 27.3. The van der Waals surface area contributed by atoms with Crippen LogP contribution in [0.15, 0.2) is 42.5 Å². The van der Waals surface area contributed by atoms with Crippen LogP contribution in [0.4, 0.5) is 5.13 Å². The molecule has 7 heteroatoms. The lowest BCUT2D eigenvalue weighted by molar-refractivity contribution is -0.136. The molecule has 0 saturated carbocycles. The van der Waals surface area contributed by atoms with Crippen molar-refractivity contribution in [2.75, 3.05) is 12.4 Å². The first kappa shape index (κ1) is 15.9. The maximum Gasteiger partial charge on any atom is 0.307 e. The lowest BCUT2D eigenvalue weighted by Gasteiger charge is -2.02. The predicted molar refractivity (Wildman–Crippen MR) is 91.9 cm³/mol. The third kappa shape index (κ3) is 3.52. The van der Waals surface area contributed by atoms with E-state index in [2.05, 4.69) is 10.3 Å². The Bertz CT molecular complexity index is 903. The van der Waals surface area contributed by atoms with Crippen LogP contribution >= 0.6 is 11.3 Å². The van der Waals surface area contributed by atoms with Gasteiger partial charge < -0.3 is 9.84 Å². The van der Waals surface area contributed by atoms with Crippen molar-refractivity contribution in [2.45, 2.75) is 6.42 Å². The van der Waals surface area contributed by atoms with E-state index in [0.717, 1.165) is 16.0 Å². The molecule has 0 aliphatic heterocycles. The highest BCUT2D eigenvalue weighted by molar-refractivity contribution is 7.22. The van der Waals surface area contributed by atoms with Gasteiger partial charge in [-0.15, -0.1) is 0 Å². The summed E-state index contributed by atoms with van der Waals surface area (Å²) in [6, 6.07) is 12.0. The van der Waals surface area contributed by atoms with E-state index in [1.54, 1.807) is 31.4 Å². The van der Waals surface area contributed by atoms with Crippen LogP contribution in [0.25, 0.3) is 10.2 Å². The fourth-order valence-corrected chi connectivity index (χ4v) is 3.09. The molecule has 2 N–H and O–H groups in total. The number of fused-ring (bicyclic) bond motifs is 1. The van der Waals surface area contributed by atoms with Gasteiger partial charge in [0, 0.05) is 5.56 Å². The zero-order chi connectivity index (χ0) is 17.1. The summed E-state index contributed by atoms with van der Waals surface area (Å²) in [5, 5.41) is 12.0.